The van der Waals surface area contributed by atoms with Gasteiger partial charge in [0.2, 0.25) is 0 Å². The minimum Gasteiger partial charge on any atom is -0.496 e. The zero-order chi connectivity index (χ0) is 20.3. The molecule has 146 valence electrons. The Morgan fingerprint density at radius 2 is 1.96 bits per heavy atom. The molecule has 0 spiro atoms. The average molecular weight is 437 g/mol. The first-order valence-corrected chi connectivity index (χ1v) is 10.2. The molecule has 0 fully saturated rings. The van der Waals surface area contributed by atoms with Crippen LogP contribution in [0.5, 0.6) is 5.75 Å². The SMILES string of the molecule is COC(=O)c1cc(CNC(=O)c2sc(-c3ccc(Cl)s3)nc2C)ccc1OC. The maximum atomic E-state index is 12.6. The summed E-state index contributed by atoms with van der Waals surface area (Å²) in [6.45, 7) is 2.05. The van der Waals surface area contributed by atoms with E-state index in [4.69, 9.17) is 21.1 Å². The first-order valence-electron chi connectivity index (χ1n) is 8.19. The zero-order valence-electron chi connectivity index (χ0n) is 15.4. The van der Waals surface area contributed by atoms with Crippen LogP contribution in [-0.4, -0.2) is 31.1 Å². The second kappa shape index (κ2) is 8.72. The number of thiophene rings is 1. The lowest BCUT2D eigenvalue weighted by atomic mass is 10.1. The van der Waals surface area contributed by atoms with Gasteiger partial charge in [0.25, 0.3) is 5.91 Å². The number of halogens is 1. The van der Waals surface area contributed by atoms with Crippen LogP contribution in [0, 0.1) is 6.92 Å². The fourth-order valence-electron chi connectivity index (χ4n) is 2.54. The number of amides is 1. The summed E-state index contributed by atoms with van der Waals surface area (Å²) < 4.78 is 10.6. The highest BCUT2D eigenvalue weighted by Crippen LogP contribution is 2.34. The Labute approximate surface area is 175 Å². The van der Waals surface area contributed by atoms with Gasteiger partial charge in [0, 0.05) is 6.54 Å². The summed E-state index contributed by atoms with van der Waals surface area (Å²) in [6, 6.07) is 8.79. The van der Waals surface area contributed by atoms with E-state index in [0.29, 0.717) is 26.2 Å². The highest BCUT2D eigenvalue weighted by Gasteiger charge is 2.18. The number of ether oxygens (including phenoxy) is 2. The molecule has 0 radical (unpaired) electrons. The van der Waals surface area contributed by atoms with E-state index in [1.54, 1.807) is 31.2 Å². The molecule has 1 amide bonds. The van der Waals surface area contributed by atoms with E-state index in [0.717, 1.165) is 15.4 Å². The summed E-state index contributed by atoms with van der Waals surface area (Å²) in [5, 5.41) is 3.62. The average Bonchev–Trinajstić information content (AvgIpc) is 3.30. The van der Waals surface area contributed by atoms with Crippen molar-refractivity contribution in [2.24, 2.45) is 0 Å². The number of nitrogens with zero attached hydrogens (tertiary/aromatic N) is 1. The predicted molar refractivity (Wildman–Crippen MR) is 111 cm³/mol. The topological polar surface area (TPSA) is 77.5 Å². The van der Waals surface area contributed by atoms with Gasteiger partial charge >= 0.3 is 5.97 Å². The number of carbonyl (C=O) groups excluding carboxylic acids is 2. The van der Waals surface area contributed by atoms with Gasteiger partial charge in [-0.1, -0.05) is 17.7 Å². The fraction of sp³-hybridized carbons (Fsp3) is 0.211. The van der Waals surface area contributed by atoms with Gasteiger partial charge in [-0.05, 0) is 36.8 Å². The lowest BCUT2D eigenvalue weighted by Crippen LogP contribution is -2.22. The summed E-state index contributed by atoms with van der Waals surface area (Å²) in [4.78, 5) is 30.4. The maximum absolute atomic E-state index is 12.6. The third-order valence-electron chi connectivity index (χ3n) is 3.91. The number of nitrogens with one attached hydrogen (secondary N) is 1. The van der Waals surface area contributed by atoms with Crippen molar-refractivity contribution in [3.8, 4) is 15.6 Å². The van der Waals surface area contributed by atoms with Crippen LogP contribution in [-0.2, 0) is 11.3 Å². The van der Waals surface area contributed by atoms with Gasteiger partial charge in [-0.15, -0.1) is 22.7 Å². The first kappa shape index (κ1) is 20.3. The molecule has 0 saturated heterocycles. The number of hydrogen-bond donors (Lipinski definition) is 1. The van der Waals surface area contributed by atoms with Crippen LogP contribution in [0.1, 0.15) is 31.3 Å². The Morgan fingerprint density at radius 3 is 2.61 bits per heavy atom. The maximum Gasteiger partial charge on any atom is 0.341 e. The summed E-state index contributed by atoms with van der Waals surface area (Å²) in [6.07, 6.45) is 0. The first-order chi connectivity index (χ1) is 13.4. The van der Waals surface area contributed by atoms with Crippen LogP contribution in [0.3, 0.4) is 0 Å². The predicted octanol–water partition coefficient (Wildman–Crippen LogP) is 4.56. The van der Waals surface area contributed by atoms with E-state index in [1.807, 2.05) is 6.07 Å². The van der Waals surface area contributed by atoms with Crippen molar-refractivity contribution < 1.29 is 19.1 Å². The van der Waals surface area contributed by atoms with Crippen LogP contribution in [0.15, 0.2) is 30.3 Å². The van der Waals surface area contributed by atoms with Gasteiger partial charge in [0.1, 0.15) is 21.2 Å². The number of carbonyl (C=O) groups is 2. The van der Waals surface area contributed by atoms with Crippen LogP contribution >= 0.6 is 34.3 Å². The number of benzene rings is 1. The van der Waals surface area contributed by atoms with Crippen LogP contribution in [0.2, 0.25) is 4.34 Å². The van der Waals surface area contributed by atoms with Gasteiger partial charge in [0.05, 0.1) is 29.1 Å². The normalized spacial score (nSPS) is 10.6. The van der Waals surface area contributed by atoms with Crippen molar-refractivity contribution in [2.45, 2.75) is 13.5 Å². The van der Waals surface area contributed by atoms with E-state index in [-0.39, 0.29) is 12.5 Å². The van der Waals surface area contributed by atoms with Gasteiger partial charge in [-0.25, -0.2) is 9.78 Å². The van der Waals surface area contributed by atoms with Crippen LogP contribution in [0.4, 0.5) is 0 Å². The number of aryl methyl sites for hydroxylation is 1. The van der Waals surface area contributed by atoms with Gasteiger partial charge in [-0.3, -0.25) is 4.79 Å². The largest absolute Gasteiger partial charge is 0.496 e. The number of aromatic nitrogens is 1. The molecule has 3 aromatic rings. The monoisotopic (exact) mass is 436 g/mol. The van der Waals surface area contributed by atoms with Crippen molar-refractivity contribution in [3.63, 3.8) is 0 Å². The molecule has 1 aromatic carbocycles. The van der Waals surface area contributed by atoms with Crippen molar-refractivity contribution in [1.29, 1.82) is 0 Å². The van der Waals surface area contributed by atoms with E-state index < -0.39 is 5.97 Å². The zero-order valence-corrected chi connectivity index (χ0v) is 17.8. The molecule has 9 heteroatoms. The number of hydrogen-bond acceptors (Lipinski definition) is 7. The number of esters is 1. The van der Waals surface area contributed by atoms with Crippen molar-refractivity contribution in [2.75, 3.05) is 14.2 Å². The standard InChI is InChI=1S/C19H17ClN2O4S2/c1-10-16(28-18(22-10)14-6-7-15(20)27-14)17(23)21-9-11-4-5-13(25-2)12(8-11)19(24)26-3/h4-8H,9H2,1-3H3,(H,21,23). The Morgan fingerprint density at radius 1 is 1.18 bits per heavy atom. The van der Waals surface area contributed by atoms with Crippen molar-refractivity contribution in [3.05, 3.63) is 56.4 Å². The Kier molecular flexibility index (Phi) is 6.33. The molecule has 0 unspecified atom stereocenters. The second-order valence-corrected chi connectivity index (χ2v) is 8.46. The van der Waals surface area contributed by atoms with Gasteiger partial charge in [0.15, 0.2) is 0 Å². The van der Waals surface area contributed by atoms with Crippen molar-refractivity contribution >= 4 is 46.2 Å². The molecule has 1 N–H and O–H groups in total. The van der Waals surface area contributed by atoms with E-state index >= 15 is 0 Å². The molecule has 2 aromatic heterocycles. The minimum atomic E-state index is -0.498. The fourth-order valence-corrected chi connectivity index (χ4v) is 4.62. The molecule has 0 aliphatic rings. The molecule has 6 nitrogen and oxygen atoms in total. The summed E-state index contributed by atoms with van der Waals surface area (Å²) in [7, 11) is 2.79. The molecule has 0 bridgehead atoms. The Bertz CT molecular complexity index is 1030. The molecule has 0 atom stereocenters. The van der Waals surface area contributed by atoms with Gasteiger partial charge in [-0.2, -0.15) is 0 Å². The Balaban J connectivity index is 1.74. The third-order valence-corrected chi connectivity index (χ3v) is 6.47. The smallest absolute Gasteiger partial charge is 0.341 e. The molecule has 2 heterocycles. The Hall–Kier alpha value is -2.42. The van der Waals surface area contributed by atoms with Gasteiger partial charge < -0.3 is 14.8 Å². The molecular weight excluding hydrogens is 420 g/mol. The summed E-state index contributed by atoms with van der Waals surface area (Å²) in [5.41, 5.74) is 1.72. The minimum absolute atomic E-state index is 0.223. The lowest BCUT2D eigenvalue weighted by molar-refractivity contribution is 0.0597. The van der Waals surface area contributed by atoms with Crippen LogP contribution < -0.4 is 10.1 Å². The van der Waals surface area contributed by atoms with Crippen LogP contribution in [0.25, 0.3) is 9.88 Å². The number of methoxy groups -OCH3 is 2. The lowest BCUT2D eigenvalue weighted by Gasteiger charge is -2.10. The number of thiazole rings is 1. The van der Waals surface area contributed by atoms with E-state index in [9.17, 15) is 9.59 Å². The summed E-state index contributed by atoms with van der Waals surface area (Å²) in [5.74, 6) is -0.304. The van der Waals surface area contributed by atoms with Crippen molar-refractivity contribution in [1.82, 2.24) is 10.3 Å². The molecule has 0 aliphatic heterocycles. The number of rotatable bonds is 6. The highest BCUT2D eigenvalue weighted by molar-refractivity contribution is 7.24. The quantitative estimate of drug-likeness (QED) is 0.573. The summed E-state index contributed by atoms with van der Waals surface area (Å²) >= 11 is 8.72. The third kappa shape index (κ3) is 4.35. The molecule has 0 saturated carbocycles. The second-order valence-electron chi connectivity index (χ2n) is 5.75. The molecule has 3 rings (SSSR count). The van der Waals surface area contributed by atoms with E-state index in [1.165, 1.54) is 36.9 Å². The van der Waals surface area contributed by atoms with E-state index in [2.05, 4.69) is 10.3 Å². The molecular formula is C19H17ClN2O4S2. The molecule has 28 heavy (non-hydrogen) atoms. The highest BCUT2D eigenvalue weighted by atomic mass is 35.5. The molecule has 0 aliphatic carbocycles.